The van der Waals surface area contributed by atoms with Crippen molar-refractivity contribution in [3.63, 3.8) is 0 Å². The second-order valence-electron chi connectivity index (χ2n) is 5.99. The summed E-state index contributed by atoms with van der Waals surface area (Å²) in [6.07, 6.45) is 0. The van der Waals surface area contributed by atoms with Crippen molar-refractivity contribution in [2.75, 3.05) is 0 Å². The molecule has 138 valence electrons. The summed E-state index contributed by atoms with van der Waals surface area (Å²) in [6, 6.07) is 24.6. The first-order valence-electron chi connectivity index (χ1n) is 8.57. The van der Waals surface area contributed by atoms with E-state index in [9.17, 15) is 9.18 Å². The highest BCUT2D eigenvalue weighted by atomic mass is 32.2. The number of ketones is 1. The largest absolute Gasteiger partial charge is 0.293 e. The number of hydrogen-bond donors (Lipinski definition) is 0. The average molecular weight is 390 g/mol. The van der Waals surface area contributed by atoms with E-state index in [1.54, 1.807) is 24.3 Å². The predicted molar refractivity (Wildman–Crippen MR) is 105 cm³/mol. The number of tetrazole rings is 1. The Morgan fingerprint density at radius 1 is 0.929 bits per heavy atom. The third kappa shape index (κ3) is 3.84. The number of rotatable bonds is 6. The van der Waals surface area contributed by atoms with Gasteiger partial charge in [0, 0.05) is 5.56 Å². The number of thioether (sulfide) groups is 1. The van der Waals surface area contributed by atoms with Crippen LogP contribution in [-0.4, -0.2) is 26.0 Å². The lowest BCUT2D eigenvalue weighted by Gasteiger charge is -2.15. The third-order valence-electron chi connectivity index (χ3n) is 4.12. The van der Waals surface area contributed by atoms with Gasteiger partial charge in [-0.15, -0.1) is 5.10 Å². The van der Waals surface area contributed by atoms with E-state index in [4.69, 9.17) is 0 Å². The van der Waals surface area contributed by atoms with E-state index < -0.39 is 5.25 Å². The van der Waals surface area contributed by atoms with Gasteiger partial charge in [-0.1, -0.05) is 78.5 Å². The molecule has 0 aliphatic rings. The van der Waals surface area contributed by atoms with Crippen LogP contribution in [-0.2, 0) is 0 Å². The van der Waals surface area contributed by atoms with Gasteiger partial charge < -0.3 is 0 Å². The molecule has 4 rings (SSSR count). The highest BCUT2D eigenvalue weighted by Crippen LogP contribution is 2.37. The summed E-state index contributed by atoms with van der Waals surface area (Å²) < 4.78 is 15.1. The van der Waals surface area contributed by atoms with E-state index in [0.29, 0.717) is 16.4 Å². The van der Waals surface area contributed by atoms with E-state index in [1.807, 2.05) is 48.5 Å². The van der Waals surface area contributed by atoms with Crippen molar-refractivity contribution in [3.05, 3.63) is 102 Å². The fourth-order valence-corrected chi connectivity index (χ4v) is 3.85. The molecule has 1 heterocycles. The first kappa shape index (κ1) is 18.1. The highest BCUT2D eigenvalue weighted by molar-refractivity contribution is 8.00. The average Bonchev–Trinajstić information content (AvgIpc) is 3.21. The summed E-state index contributed by atoms with van der Waals surface area (Å²) in [7, 11) is 0. The van der Waals surface area contributed by atoms with Crippen LogP contribution >= 0.6 is 11.8 Å². The van der Waals surface area contributed by atoms with Crippen LogP contribution in [0, 0.1) is 5.82 Å². The van der Waals surface area contributed by atoms with Crippen molar-refractivity contribution in [2.45, 2.75) is 10.4 Å². The summed E-state index contributed by atoms with van der Waals surface area (Å²) in [5, 5.41) is 11.6. The number of benzene rings is 3. The van der Waals surface area contributed by atoms with Crippen molar-refractivity contribution < 1.29 is 9.18 Å². The molecule has 5 nitrogen and oxygen atoms in total. The van der Waals surface area contributed by atoms with Crippen molar-refractivity contribution in [1.29, 1.82) is 0 Å². The van der Waals surface area contributed by atoms with Gasteiger partial charge in [0.15, 0.2) is 5.78 Å². The molecule has 0 amide bonds. The minimum atomic E-state index is -0.540. The van der Waals surface area contributed by atoms with Crippen molar-refractivity contribution in [3.8, 4) is 5.69 Å². The molecule has 7 heteroatoms. The van der Waals surface area contributed by atoms with Gasteiger partial charge >= 0.3 is 0 Å². The molecular weight excluding hydrogens is 375 g/mol. The lowest BCUT2D eigenvalue weighted by atomic mass is 10.0. The maximum Gasteiger partial charge on any atom is 0.215 e. The predicted octanol–water partition coefficient (Wildman–Crippen LogP) is 4.52. The number of carbonyl (C=O) groups excluding carboxylic acids is 1. The van der Waals surface area contributed by atoms with Gasteiger partial charge in [0.1, 0.15) is 11.1 Å². The Morgan fingerprint density at radius 2 is 1.64 bits per heavy atom. The zero-order valence-electron chi connectivity index (χ0n) is 14.6. The molecule has 0 saturated carbocycles. The lowest BCUT2D eigenvalue weighted by Crippen LogP contribution is -2.11. The molecular formula is C21H15FN4OS. The molecule has 3 aromatic carbocycles. The van der Waals surface area contributed by atoms with Crippen LogP contribution < -0.4 is 0 Å². The van der Waals surface area contributed by atoms with E-state index >= 15 is 0 Å². The van der Waals surface area contributed by atoms with Crippen LogP contribution in [0.1, 0.15) is 21.2 Å². The Bertz CT molecular complexity index is 1090. The smallest absolute Gasteiger partial charge is 0.215 e. The second kappa shape index (κ2) is 8.14. The van der Waals surface area contributed by atoms with Crippen LogP contribution in [0.2, 0.25) is 0 Å². The lowest BCUT2D eigenvalue weighted by molar-refractivity contribution is 0.0989. The maximum atomic E-state index is 13.6. The number of Topliss-reactive ketones (excluding diaryl/α,β-unsaturated/α-hetero) is 1. The van der Waals surface area contributed by atoms with Crippen LogP contribution in [0.5, 0.6) is 0 Å². The first-order valence-corrected chi connectivity index (χ1v) is 9.45. The zero-order chi connectivity index (χ0) is 19.3. The van der Waals surface area contributed by atoms with Crippen LogP contribution in [0.25, 0.3) is 5.69 Å². The quantitative estimate of drug-likeness (QED) is 0.358. The number of hydrogen-bond acceptors (Lipinski definition) is 5. The molecule has 28 heavy (non-hydrogen) atoms. The van der Waals surface area contributed by atoms with E-state index in [-0.39, 0.29) is 11.6 Å². The Hall–Kier alpha value is -3.32. The zero-order valence-corrected chi connectivity index (χ0v) is 15.5. The number of nitrogens with zero attached hydrogens (tertiary/aromatic N) is 4. The minimum absolute atomic E-state index is 0.0504. The summed E-state index contributed by atoms with van der Waals surface area (Å²) in [6.45, 7) is 0. The van der Waals surface area contributed by atoms with Crippen LogP contribution in [0.15, 0.2) is 90.1 Å². The summed E-state index contributed by atoms with van der Waals surface area (Å²) in [5.74, 6) is -0.436. The SMILES string of the molecule is O=C(c1ccccc1)[C@H](Sc1nnnn1-c1cccc(F)c1)c1ccccc1. The molecule has 0 radical (unpaired) electrons. The van der Waals surface area contributed by atoms with Gasteiger partial charge in [0.25, 0.3) is 0 Å². The normalized spacial score (nSPS) is 11.9. The summed E-state index contributed by atoms with van der Waals surface area (Å²) in [5.41, 5.74) is 1.94. The molecule has 0 aliphatic carbocycles. The molecule has 4 aromatic rings. The van der Waals surface area contributed by atoms with E-state index in [1.165, 1.54) is 28.6 Å². The summed E-state index contributed by atoms with van der Waals surface area (Å²) >= 11 is 1.23. The molecule has 0 aliphatic heterocycles. The second-order valence-corrected chi connectivity index (χ2v) is 7.06. The molecule has 0 saturated heterocycles. The Labute approximate surface area is 165 Å². The Morgan fingerprint density at radius 3 is 2.36 bits per heavy atom. The number of carbonyl (C=O) groups is 1. The first-order chi connectivity index (χ1) is 13.7. The van der Waals surface area contributed by atoms with Gasteiger partial charge in [0.05, 0.1) is 5.69 Å². The Kier molecular flexibility index (Phi) is 5.25. The molecule has 1 atom stereocenters. The van der Waals surface area contributed by atoms with E-state index in [2.05, 4.69) is 15.5 Å². The van der Waals surface area contributed by atoms with Gasteiger partial charge in [-0.3, -0.25) is 4.79 Å². The molecule has 0 N–H and O–H groups in total. The molecule has 0 spiro atoms. The van der Waals surface area contributed by atoms with Gasteiger partial charge in [-0.2, -0.15) is 4.68 Å². The van der Waals surface area contributed by atoms with Crippen molar-refractivity contribution >= 4 is 17.5 Å². The minimum Gasteiger partial charge on any atom is -0.293 e. The fraction of sp³-hybridized carbons (Fsp3) is 0.0476. The fourth-order valence-electron chi connectivity index (χ4n) is 2.78. The summed E-state index contributed by atoms with van der Waals surface area (Å²) in [4.78, 5) is 13.2. The van der Waals surface area contributed by atoms with Crippen LogP contribution in [0.3, 0.4) is 0 Å². The van der Waals surface area contributed by atoms with Crippen molar-refractivity contribution in [2.24, 2.45) is 0 Å². The molecule has 0 bridgehead atoms. The third-order valence-corrected chi connectivity index (χ3v) is 5.30. The van der Waals surface area contributed by atoms with Crippen molar-refractivity contribution in [1.82, 2.24) is 20.2 Å². The monoisotopic (exact) mass is 390 g/mol. The number of halogens is 1. The van der Waals surface area contributed by atoms with Gasteiger partial charge in [-0.25, -0.2) is 4.39 Å². The highest BCUT2D eigenvalue weighted by Gasteiger charge is 2.26. The van der Waals surface area contributed by atoms with Crippen LogP contribution in [0.4, 0.5) is 4.39 Å². The molecule has 1 aromatic heterocycles. The van der Waals surface area contributed by atoms with Gasteiger partial charge in [0.2, 0.25) is 5.16 Å². The number of aromatic nitrogens is 4. The maximum absolute atomic E-state index is 13.6. The molecule has 0 unspecified atom stereocenters. The standard InChI is InChI=1S/C21H15FN4OS/c22-17-12-7-13-18(14-17)26-21(23-24-25-26)28-20(16-10-5-2-6-11-16)19(27)15-8-3-1-4-9-15/h1-14,20H/t20-/m1/s1. The topological polar surface area (TPSA) is 60.7 Å². The van der Waals surface area contributed by atoms with Gasteiger partial charge in [-0.05, 0) is 34.2 Å². The Balaban J connectivity index is 1.72. The van der Waals surface area contributed by atoms with E-state index in [0.717, 1.165) is 5.56 Å². The molecule has 0 fully saturated rings.